The van der Waals surface area contributed by atoms with Gasteiger partial charge in [-0.1, -0.05) is 12.1 Å². The molecule has 2 aromatic heterocycles. The summed E-state index contributed by atoms with van der Waals surface area (Å²) in [6, 6.07) is 16.7. The number of pyridine rings is 1. The average Bonchev–Trinajstić information content (AvgIpc) is 3.52. The Hall–Kier alpha value is -4.50. The molecule has 1 fully saturated rings. The number of ether oxygens (including phenoxy) is 3. The van der Waals surface area contributed by atoms with Gasteiger partial charge in [-0.2, -0.15) is 5.26 Å². The number of carbonyl (C=O) groups is 1. The molecule has 1 saturated heterocycles. The first kappa shape index (κ1) is 29.0. The molecule has 2 aliphatic rings. The van der Waals surface area contributed by atoms with Gasteiger partial charge in [0.2, 0.25) is 0 Å². The summed E-state index contributed by atoms with van der Waals surface area (Å²) < 4.78 is 20.1. The van der Waals surface area contributed by atoms with E-state index in [0.717, 1.165) is 54.1 Å². The standard InChI is InChI=1S/C31H31N5O5.H3N/c1-31(27-9-6-20(17-32)18-33-27)40-26-5-3-4-23(29(26)41-31)21-10-12-35(13-11-21)19-28-34-24-8-7-22(30(37)38)16-25(24)36(28)14-15-39-2;/h3-9,16,18,21H,10-15,19H2,1-2H3,(H,37,38);1H3. The van der Waals surface area contributed by atoms with Gasteiger partial charge in [0.05, 0.1) is 35.3 Å². The fraction of sp³-hybridized carbons (Fsp3) is 0.355. The third-order valence-corrected chi connectivity index (χ3v) is 7.95. The molecule has 6 rings (SSSR count). The zero-order valence-corrected chi connectivity index (χ0v) is 23.7. The predicted octanol–water partition coefficient (Wildman–Crippen LogP) is 4.83. The number of benzene rings is 2. The molecule has 0 amide bonds. The highest BCUT2D eigenvalue weighted by atomic mass is 16.7. The lowest BCUT2D eigenvalue weighted by Gasteiger charge is -2.32. The van der Waals surface area contributed by atoms with E-state index in [0.29, 0.717) is 42.6 Å². The van der Waals surface area contributed by atoms with Crippen LogP contribution in [0, 0.1) is 11.3 Å². The Morgan fingerprint density at radius 1 is 1.19 bits per heavy atom. The molecule has 0 bridgehead atoms. The number of aromatic carboxylic acids is 1. The lowest BCUT2D eigenvalue weighted by Crippen LogP contribution is -2.34. The Morgan fingerprint density at radius 2 is 2.00 bits per heavy atom. The van der Waals surface area contributed by atoms with Crippen molar-refractivity contribution in [2.75, 3.05) is 26.8 Å². The quantitative estimate of drug-likeness (QED) is 0.300. The molecule has 11 nitrogen and oxygen atoms in total. The largest absolute Gasteiger partial charge is 0.478 e. The lowest BCUT2D eigenvalue weighted by atomic mass is 9.88. The summed E-state index contributed by atoms with van der Waals surface area (Å²) in [5, 5.41) is 18.6. The van der Waals surface area contributed by atoms with E-state index in [-0.39, 0.29) is 11.7 Å². The van der Waals surface area contributed by atoms with E-state index in [1.54, 1.807) is 37.4 Å². The molecule has 42 heavy (non-hydrogen) atoms. The molecule has 4 aromatic rings. The van der Waals surface area contributed by atoms with Crippen molar-refractivity contribution in [1.82, 2.24) is 25.6 Å². The Morgan fingerprint density at radius 3 is 2.69 bits per heavy atom. The zero-order chi connectivity index (χ0) is 28.6. The molecule has 1 unspecified atom stereocenters. The number of hydrogen-bond donors (Lipinski definition) is 2. The molecule has 218 valence electrons. The summed E-state index contributed by atoms with van der Waals surface area (Å²) in [6.07, 6.45) is 3.43. The average molecular weight is 571 g/mol. The number of nitrogens with zero attached hydrogens (tertiary/aromatic N) is 5. The van der Waals surface area contributed by atoms with E-state index >= 15 is 0 Å². The summed E-state index contributed by atoms with van der Waals surface area (Å²) in [5.74, 6) is 0.661. The van der Waals surface area contributed by atoms with Crippen LogP contribution in [0.2, 0.25) is 0 Å². The molecule has 0 spiro atoms. The molecular weight excluding hydrogens is 536 g/mol. The second kappa shape index (κ2) is 11.8. The van der Waals surface area contributed by atoms with Gasteiger partial charge in [0.15, 0.2) is 11.5 Å². The van der Waals surface area contributed by atoms with Gasteiger partial charge in [-0.15, -0.1) is 0 Å². The van der Waals surface area contributed by atoms with Crippen molar-refractivity contribution >= 4 is 17.0 Å². The summed E-state index contributed by atoms with van der Waals surface area (Å²) in [4.78, 5) is 23.2. The van der Waals surface area contributed by atoms with Crippen molar-refractivity contribution in [2.45, 2.75) is 44.6 Å². The van der Waals surface area contributed by atoms with Crippen molar-refractivity contribution in [2.24, 2.45) is 0 Å². The summed E-state index contributed by atoms with van der Waals surface area (Å²) in [6.45, 7) is 5.40. The van der Waals surface area contributed by atoms with E-state index < -0.39 is 11.8 Å². The fourth-order valence-corrected chi connectivity index (χ4v) is 5.76. The molecule has 11 heteroatoms. The second-order valence-electron chi connectivity index (χ2n) is 10.6. The number of hydrogen-bond acceptors (Lipinski definition) is 9. The first-order valence-corrected chi connectivity index (χ1v) is 13.7. The minimum Gasteiger partial charge on any atom is -0.478 e. The van der Waals surface area contributed by atoms with Crippen molar-refractivity contribution in [3.63, 3.8) is 0 Å². The highest BCUT2D eigenvalue weighted by Crippen LogP contribution is 2.49. The van der Waals surface area contributed by atoms with Crippen LogP contribution in [0.5, 0.6) is 11.5 Å². The number of piperidine rings is 1. The van der Waals surface area contributed by atoms with E-state index in [2.05, 4.69) is 26.6 Å². The van der Waals surface area contributed by atoms with Crippen LogP contribution in [-0.4, -0.2) is 57.3 Å². The van der Waals surface area contributed by atoms with E-state index in [4.69, 9.17) is 24.5 Å². The van der Waals surface area contributed by atoms with Crippen LogP contribution >= 0.6 is 0 Å². The number of rotatable bonds is 8. The maximum Gasteiger partial charge on any atom is 0.335 e. The second-order valence-corrected chi connectivity index (χ2v) is 10.6. The van der Waals surface area contributed by atoms with Gasteiger partial charge in [-0.25, -0.2) is 9.78 Å². The van der Waals surface area contributed by atoms with Crippen LogP contribution in [0.1, 0.15) is 58.7 Å². The highest BCUT2D eigenvalue weighted by Gasteiger charge is 2.42. The highest BCUT2D eigenvalue weighted by molar-refractivity contribution is 5.92. The molecule has 2 aliphatic heterocycles. The first-order valence-electron chi connectivity index (χ1n) is 13.7. The Kier molecular flexibility index (Phi) is 8.13. The fourth-order valence-electron chi connectivity index (χ4n) is 5.76. The number of methoxy groups -OCH3 is 1. The SMILES string of the molecule is COCCn1c(CN2CCC(c3cccc4c3OC(C)(c3ccc(C#N)cn3)O4)CC2)nc2ccc(C(=O)O)cc21.N. The van der Waals surface area contributed by atoms with Crippen LogP contribution in [-0.2, 0) is 23.6 Å². The number of fused-ring (bicyclic) bond motifs is 2. The number of likely N-dealkylation sites (tertiary alicyclic amines) is 1. The summed E-state index contributed by atoms with van der Waals surface area (Å²) in [5.41, 5.74) is 4.07. The third kappa shape index (κ3) is 5.39. The monoisotopic (exact) mass is 570 g/mol. The molecule has 4 N–H and O–H groups in total. The van der Waals surface area contributed by atoms with Gasteiger partial charge in [-0.3, -0.25) is 9.88 Å². The number of carboxylic acid groups (broad SMARTS) is 1. The van der Waals surface area contributed by atoms with Crippen molar-refractivity contribution in [1.29, 1.82) is 5.26 Å². The van der Waals surface area contributed by atoms with Crippen LogP contribution < -0.4 is 15.6 Å². The van der Waals surface area contributed by atoms with Gasteiger partial charge >= 0.3 is 5.97 Å². The maximum atomic E-state index is 11.6. The van der Waals surface area contributed by atoms with Gasteiger partial charge in [-0.05, 0) is 68.2 Å². The summed E-state index contributed by atoms with van der Waals surface area (Å²) in [7, 11) is 1.66. The summed E-state index contributed by atoms with van der Waals surface area (Å²) >= 11 is 0. The third-order valence-electron chi connectivity index (χ3n) is 7.95. The van der Waals surface area contributed by atoms with Gasteiger partial charge < -0.3 is 30.0 Å². The normalized spacial score (nSPS) is 18.5. The topological polar surface area (TPSA) is 158 Å². The van der Waals surface area contributed by atoms with Gasteiger partial charge in [0, 0.05) is 32.3 Å². The minimum absolute atomic E-state index is 0. The molecule has 1 atom stereocenters. The van der Waals surface area contributed by atoms with E-state index in [1.807, 2.05) is 19.1 Å². The molecule has 4 heterocycles. The van der Waals surface area contributed by atoms with Crippen LogP contribution in [0.25, 0.3) is 11.0 Å². The van der Waals surface area contributed by atoms with Crippen LogP contribution in [0.4, 0.5) is 0 Å². The van der Waals surface area contributed by atoms with Crippen LogP contribution in [0.3, 0.4) is 0 Å². The lowest BCUT2D eigenvalue weighted by molar-refractivity contribution is -0.0722. The number of aromatic nitrogens is 3. The number of nitriles is 1. The van der Waals surface area contributed by atoms with Crippen LogP contribution in [0.15, 0.2) is 54.7 Å². The number of carboxylic acids is 1. The Labute approximate surface area is 243 Å². The minimum atomic E-state index is -1.06. The Balaban J connectivity index is 0.00000353. The smallest absolute Gasteiger partial charge is 0.335 e. The molecule has 2 aromatic carbocycles. The Bertz CT molecular complexity index is 1640. The molecule has 0 radical (unpaired) electrons. The van der Waals surface area contributed by atoms with E-state index in [9.17, 15) is 9.90 Å². The van der Waals surface area contributed by atoms with E-state index in [1.165, 1.54) is 6.20 Å². The van der Waals surface area contributed by atoms with Gasteiger partial charge in [0.1, 0.15) is 17.6 Å². The molecular formula is C31H34N6O5. The molecule has 0 aliphatic carbocycles. The zero-order valence-electron chi connectivity index (χ0n) is 23.7. The number of imidazole rings is 1. The number of para-hydroxylation sites is 1. The van der Waals surface area contributed by atoms with Crippen molar-refractivity contribution in [3.05, 3.63) is 82.9 Å². The van der Waals surface area contributed by atoms with Crippen molar-refractivity contribution in [3.8, 4) is 17.6 Å². The first-order chi connectivity index (χ1) is 19.9. The maximum absolute atomic E-state index is 11.6. The van der Waals surface area contributed by atoms with Gasteiger partial charge in [0.25, 0.3) is 5.79 Å². The predicted molar refractivity (Wildman–Crippen MR) is 155 cm³/mol. The van der Waals surface area contributed by atoms with Crippen molar-refractivity contribution < 1.29 is 24.1 Å². The molecule has 0 saturated carbocycles.